The molecule has 5 nitrogen and oxygen atoms in total. The van der Waals surface area contributed by atoms with Gasteiger partial charge in [0.05, 0.1) is 6.54 Å². The van der Waals surface area contributed by atoms with Crippen molar-refractivity contribution >= 4 is 11.6 Å². The molecule has 3 rings (SSSR count). The zero-order valence-electron chi connectivity index (χ0n) is 14.1. The van der Waals surface area contributed by atoms with E-state index in [9.17, 15) is 4.79 Å². The van der Waals surface area contributed by atoms with E-state index in [0.29, 0.717) is 12.6 Å². The van der Waals surface area contributed by atoms with E-state index in [2.05, 4.69) is 41.0 Å². The number of nitrogens with zero attached hydrogens (tertiary/aromatic N) is 3. The average molecular weight is 316 g/mol. The van der Waals surface area contributed by atoms with Crippen LogP contribution in [0, 0.1) is 6.92 Å². The van der Waals surface area contributed by atoms with Crippen molar-refractivity contribution in [3.05, 3.63) is 29.8 Å². The summed E-state index contributed by atoms with van der Waals surface area (Å²) in [7, 11) is 0. The second kappa shape index (κ2) is 7.32. The SMILES string of the molecule is Cc1cccc(N2CCN(C(=O)CN3CCC(N)CC3)CC2)c1. The van der Waals surface area contributed by atoms with E-state index in [1.54, 1.807) is 0 Å². The lowest BCUT2D eigenvalue weighted by molar-refractivity contribution is -0.133. The molecule has 2 fully saturated rings. The number of hydrogen-bond donors (Lipinski definition) is 1. The molecule has 2 aliphatic rings. The first kappa shape index (κ1) is 16.3. The molecule has 23 heavy (non-hydrogen) atoms. The molecule has 0 radical (unpaired) electrons. The van der Waals surface area contributed by atoms with Gasteiger partial charge in [0.2, 0.25) is 5.91 Å². The highest BCUT2D eigenvalue weighted by molar-refractivity contribution is 5.78. The fraction of sp³-hybridized carbons (Fsp3) is 0.611. The van der Waals surface area contributed by atoms with Crippen molar-refractivity contribution in [2.75, 3.05) is 50.7 Å². The number of piperazine rings is 1. The zero-order valence-corrected chi connectivity index (χ0v) is 14.1. The Hall–Kier alpha value is -1.59. The maximum atomic E-state index is 12.5. The topological polar surface area (TPSA) is 52.8 Å². The van der Waals surface area contributed by atoms with E-state index in [1.807, 2.05) is 4.90 Å². The smallest absolute Gasteiger partial charge is 0.236 e. The Morgan fingerprint density at radius 2 is 1.83 bits per heavy atom. The molecule has 0 aliphatic carbocycles. The van der Waals surface area contributed by atoms with Gasteiger partial charge < -0.3 is 15.5 Å². The molecule has 0 saturated carbocycles. The van der Waals surface area contributed by atoms with Crippen molar-refractivity contribution < 1.29 is 4.79 Å². The minimum Gasteiger partial charge on any atom is -0.368 e. The van der Waals surface area contributed by atoms with Crippen LogP contribution in [-0.4, -0.2) is 67.6 Å². The number of anilines is 1. The largest absolute Gasteiger partial charge is 0.368 e. The Morgan fingerprint density at radius 3 is 2.48 bits per heavy atom. The van der Waals surface area contributed by atoms with Crippen LogP contribution in [0.4, 0.5) is 5.69 Å². The van der Waals surface area contributed by atoms with Crippen molar-refractivity contribution in [1.29, 1.82) is 0 Å². The highest BCUT2D eigenvalue weighted by Crippen LogP contribution is 2.18. The Labute approximate surface area is 139 Å². The van der Waals surface area contributed by atoms with Gasteiger partial charge in [-0.25, -0.2) is 0 Å². The van der Waals surface area contributed by atoms with Gasteiger partial charge in [-0.05, 0) is 37.5 Å². The fourth-order valence-corrected chi connectivity index (χ4v) is 3.44. The third kappa shape index (κ3) is 4.24. The van der Waals surface area contributed by atoms with Gasteiger partial charge in [-0.15, -0.1) is 0 Å². The van der Waals surface area contributed by atoms with Crippen molar-refractivity contribution in [3.8, 4) is 0 Å². The molecule has 5 heteroatoms. The second-order valence-corrected chi connectivity index (χ2v) is 6.82. The van der Waals surface area contributed by atoms with Crippen LogP contribution in [0.2, 0.25) is 0 Å². The van der Waals surface area contributed by atoms with E-state index in [4.69, 9.17) is 5.73 Å². The van der Waals surface area contributed by atoms with E-state index < -0.39 is 0 Å². The number of likely N-dealkylation sites (tertiary alicyclic amines) is 1. The molecule has 1 aromatic rings. The summed E-state index contributed by atoms with van der Waals surface area (Å²) in [6, 6.07) is 8.91. The molecule has 2 aliphatic heterocycles. The van der Waals surface area contributed by atoms with Crippen LogP contribution in [0.15, 0.2) is 24.3 Å². The van der Waals surface area contributed by atoms with Gasteiger partial charge in [0.15, 0.2) is 0 Å². The molecular formula is C18H28N4O. The van der Waals surface area contributed by atoms with Crippen molar-refractivity contribution in [2.24, 2.45) is 5.73 Å². The number of hydrogen-bond acceptors (Lipinski definition) is 4. The summed E-state index contributed by atoms with van der Waals surface area (Å²) in [4.78, 5) is 19.1. The van der Waals surface area contributed by atoms with E-state index in [0.717, 1.165) is 52.1 Å². The molecule has 1 amide bonds. The molecule has 2 N–H and O–H groups in total. The average Bonchev–Trinajstić information content (AvgIpc) is 2.57. The fourth-order valence-electron chi connectivity index (χ4n) is 3.44. The number of aryl methyl sites for hydroxylation is 1. The quantitative estimate of drug-likeness (QED) is 0.906. The van der Waals surface area contributed by atoms with Crippen LogP contribution in [0.1, 0.15) is 18.4 Å². The Bertz CT molecular complexity index is 532. The monoisotopic (exact) mass is 316 g/mol. The third-order valence-electron chi connectivity index (χ3n) is 4.99. The van der Waals surface area contributed by atoms with Gasteiger partial charge in [0.1, 0.15) is 0 Å². The van der Waals surface area contributed by atoms with Gasteiger partial charge in [-0.1, -0.05) is 12.1 Å². The maximum absolute atomic E-state index is 12.5. The van der Waals surface area contributed by atoms with Crippen molar-refractivity contribution in [2.45, 2.75) is 25.8 Å². The minimum absolute atomic E-state index is 0.268. The van der Waals surface area contributed by atoms with Gasteiger partial charge >= 0.3 is 0 Å². The van der Waals surface area contributed by atoms with Crippen LogP contribution in [-0.2, 0) is 4.79 Å². The Balaban J connectivity index is 1.47. The van der Waals surface area contributed by atoms with Gasteiger partial charge in [0.25, 0.3) is 0 Å². The number of carbonyl (C=O) groups is 1. The number of piperidine rings is 1. The molecule has 126 valence electrons. The molecule has 0 spiro atoms. The lowest BCUT2D eigenvalue weighted by Gasteiger charge is -2.38. The number of nitrogens with two attached hydrogens (primary N) is 1. The Kier molecular flexibility index (Phi) is 5.18. The standard InChI is InChI=1S/C18H28N4O/c1-15-3-2-4-17(13-15)21-9-11-22(12-10-21)18(23)14-20-7-5-16(19)6-8-20/h2-4,13,16H,5-12,14,19H2,1H3. The normalized spacial score (nSPS) is 20.8. The van der Waals surface area contributed by atoms with Crippen molar-refractivity contribution in [3.63, 3.8) is 0 Å². The Morgan fingerprint density at radius 1 is 1.13 bits per heavy atom. The summed E-state index contributed by atoms with van der Waals surface area (Å²) in [6.07, 6.45) is 2.02. The molecule has 1 aromatic carbocycles. The molecule has 0 unspecified atom stereocenters. The molecule has 0 atom stereocenters. The predicted octanol–water partition coefficient (Wildman–Crippen LogP) is 1.07. The predicted molar refractivity (Wildman–Crippen MR) is 93.6 cm³/mol. The van der Waals surface area contributed by atoms with Crippen LogP contribution >= 0.6 is 0 Å². The van der Waals surface area contributed by atoms with E-state index >= 15 is 0 Å². The van der Waals surface area contributed by atoms with Crippen LogP contribution in [0.3, 0.4) is 0 Å². The number of amides is 1. The molecule has 0 aromatic heterocycles. The van der Waals surface area contributed by atoms with Gasteiger partial charge in [-0.3, -0.25) is 9.69 Å². The second-order valence-electron chi connectivity index (χ2n) is 6.82. The van der Waals surface area contributed by atoms with Crippen LogP contribution in [0.5, 0.6) is 0 Å². The summed E-state index contributed by atoms with van der Waals surface area (Å²) in [5, 5.41) is 0. The summed E-state index contributed by atoms with van der Waals surface area (Å²) in [5.41, 5.74) is 8.47. The number of rotatable bonds is 3. The number of benzene rings is 1. The molecule has 0 bridgehead atoms. The maximum Gasteiger partial charge on any atom is 0.236 e. The lowest BCUT2D eigenvalue weighted by atomic mass is 10.1. The van der Waals surface area contributed by atoms with Gasteiger partial charge in [0, 0.05) is 51.0 Å². The van der Waals surface area contributed by atoms with Crippen LogP contribution < -0.4 is 10.6 Å². The van der Waals surface area contributed by atoms with E-state index in [1.165, 1.54) is 11.3 Å². The molecular weight excluding hydrogens is 288 g/mol. The first-order chi connectivity index (χ1) is 11.1. The lowest BCUT2D eigenvalue weighted by Crippen LogP contribution is -2.52. The number of carbonyl (C=O) groups excluding carboxylic acids is 1. The highest BCUT2D eigenvalue weighted by Gasteiger charge is 2.24. The summed E-state index contributed by atoms with van der Waals surface area (Å²) in [6.45, 7) is 8.05. The third-order valence-corrected chi connectivity index (χ3v) is 4.99. The van der Waals surface area contributed by atoms with Gasteiger partial charge in [-0.2, -0.15) is 0 Å². The van der Waals surface area contributed by atoms with Crippen molar-refractivity contribution in [1.82, 2.24) is 9.80 Å². The highest BCUT2D eigenvalue weighted by atomic mass is 16.2. The van der Waals surface area contributed by atoms with E-state index in [-0.39, 0.29) is 5.91 Å². The molecule has 2 saturated heterocycles. The first-order valence-corrected chi connectivity index (χ1v) is 8.69. The summed E-state index contributed by atoms with van der Waals surface area (Å²) >= 11 is 0. The van der Waals surface area contributed by atoms with Crippen LogP contribution in [0.25, 0.3) is 0 Å². The zero-order chi connectivity index (χ0) is 16.2. The first-order valence-electron chi connectivity index (χ1n) is 8.69. The summed E-state index contributed by atoms with van der Waals surface area (Å²) in [5.74, 6) is 0.268. The summed E-state index contributed by atoms with van der Waals surface area (Å²) < 4.78 is 0. The minimum atomic E-state index is 0.268. The molecule has 2 heterocycles.